The van der Waals surface area contributed by atoms with Gasteiger partial charge in [-0.05, 0) is 42.8 Å². The Morgan fingerprint density at radius 3 is 2.53 bits per heavy atom. The van der Waals surface area contributed by atoms with Crippen molar-refractivity contribution in [1.82, 2.24) is 25.2 Å². The Kier molecular flexibility index (Phi) is 9.85. The number of fused-ring (bicyclic) bond motifs is 1. The quantitative estimate of drug-likeness (QED) is 0.104. The van der Waals surface area contributed by atoms with Gasteiger partial charge in [0, 0.05) is 58.1 Å². The Balaban J connectivity index is 1.76. The first-order valence-corrected chi connectivity index (χ1v) is 14.0. The first kappa shape index (κ1) is 31.3. The van der Waals surface area contributed by atoms with Gasteiger partial charge < -0.3 is 47.0 Å². The largest absolute Gasteiger partial charge is 0.504 e. The van der Waals surface area contributed by atoms with Gasteiger partial charge in [-0.3, -0.25) is 14.4 Å². The molecule has 4 aromatic rings. The standard InChI is InChI=1S/C29H32BrN7O6/c1-15(38)26(31)28(42)36-22(8-16-2-5-24(39)25(40)9-16)29(43)37(23(27(32)41)11-19-13-33-14-35-19)7-6-17-12-34-21-10-18(30)3-4-20(17)21/h2-7,9-10,12-15,22-23,26,34,38-40H,8,11,31H2,1H3,(H2,32,41)(H,33,35)(H,36,42)/b7-6-/t15-,22+,23+,26+/m1/s1. The van der Waals surface area contributed by atoms with E-state index in [0.717, 1.165) is 20.3 Å². The normalized spacial score (nSPS) is 14.3. The summed E-state index contributed by atoms with van der Waals surface area (Å²) in [4.78, 5) is 51.2. The maximum atomic E-state index is 14.3. The van der Waals surface area contributed by atoms with Gasteiger partial charge in [0.15, 0.2) is 11.5 Å². The predicted octanol–water partition coefficient (Wildman–Crippen LogP) is 1.40. The van der Waals surface area contributed by atoms with Crippen molar-refractivity contribution in [3.05, 3.63) is 82.6 Å². The number of aromatic nitrogens is 3. The van der Waals surface area contributed by atoms with E-state index < -0.39 is 47.7 Å². The third-order valence-electron chi connectivity index (χ3n) is 6.89. The van der Waals surface area contributed by atoms with Crippen LogP contribution in [0.2, 0.25) is 0 Å². The number of aromatic amines is 2. The number of nitrogens with zero attached hydrogens (tertiary/aromatic N) is 2. The second kappa shape index (κ2) is 13.5. The minimum atomic E-state index is -1.35. The highest BCUT2D eigenvalue weighted by molar-refractivity contribution is 9.10. The molecule has 0 unspecified atom stereocenters. The number of phenols is 2. The molecule has 14 heteroatoms. The monoisotopic (exact) mass is 653 g/mol. The van der Waals surface area contributed by atoms with Crippen LogP contribution in [0.4, 0.5) is 0 Å². The van der Waals surface area contributed by atoms with E-state index in [2.05, 4.69) is 36.2 Å². The number of rotatable bonds is 12. The second-order valence-electron chi connectivity index (χ2n) is 10.0. The van der Waals surface area contributed by atoms with E-state index in [4.69, 9.17) is 11.5 Å². The highest BCUT2D eigenvalue weighted by Crippen LogP contribution is 2.27. The van der Waals surface area contributed by atoms with Crippen LogP contribution in [-0.4, -0.2) is 77.1 Å². The minimum absolute atomic E-state index is 0.0138. The van der Waals surface area contributed by atoms with Crippen molar-refractivity contribution in [2.75, 3.05) is 0 Å². The Morgan fingerprint density at radius 1 is 1.12 bits per heavy atom. The van der Waals surface area contributed by atoms with Gasteiger partial charge in [-0.25, -0.2) is 4.98 Å². The number of carbonyl (C=O) groups is 3. The number of aliphatic hydroxyl groups excluding tert-OH is 1. The lowest BCUT2D eigenvalue weighted by Gasteiger charge is -2.31. The summed E-state index contributed by atoms with van der Waals surface area (Å²) in [5.74, 6) is -3.14. The number of halogens is 1. The molecule has 2 heterocycles. The number of benzene rings is 2. The van der Waals surface area contributed by atoms with Crippen LogP contribution in [0.25, 0.3) is 17.0 Å². The summed E-state index contributed by atoms with van der Waals surface area (Å²) in [6, 6.07) is 5.72. The van der Waals surface area contributed by atoms with Crippen molar-refractivity contribution in [3.63, 3.8) is 0 Å². The third-order valence-corrected chi connectivity index (χ3v) is 7.39. The molecule has 0 saturated carbocycles. The smallest absolute Gasteiger partial charge is 0.250 e. The molecular formula is C29H32BrN7O6. The van der Waals surface area contributed by atoms with Crippen molar-refractivity contribution in [1.29, 1.82) is 0 Å². The van der Waals surface area contributed by atoms with Crippen LogP contribution >= 0.6 is 15.9 Å². The zero-order valence-electron chi connectivity index (χ0n) is 23.1. The van der Waals surface area contributed by atoms with Crippen LogP contribution in [0.1, 0.15) is 23.7 Å². The second-order valence-corrected chi connectivity index (χ2v) is 11.0. The van der Waals surface area contributed by atoms with Crippen LogP contribution in [0.5, 0.6) is 11.5 Å². The van der Waals surface area contributed by atoms with E-state index in [9.17, 15) is 29.7 Å². The number of hydrogen-bond acceptors (Lipinski definition) is 8. The van der Waals surface area contributed by atoms with Gasteiger partial charge in [0.1, 0.15) is 18.1 Å². The average Bonchev–Trinajstić information content (AvgIpc) is 3.63. The molecule has 2 aromatic heterocycles. The molecule has 13 nitrogen and oxygen atoms in total. The lowest BCUT2D eigenvalue weighted by molar-refractivity contribution is -0.140. The summed E-state index contributed by atoms with van der Waals surface area (Å²) in [6.45, 7) is 1.33. The van der Waals surface area contributed by atoms with Gasteiger partial charge >= 0.3 is 0 Å². The van der Waals surface area contributed by atoms with Gasteiger partial charge in [0.2, 0.25) is 17.7 Å². The molecule has 0 aliphatic carbocycles. The molecule has 3 amide bonds. The number of hydrogen-bond donors (Lipinski definition) is 8. The molecule has 2 aromatic carbocycles. The van der Waals surface area contributed by atoms with Crippen molar-refractivity contribution in [2.24, 2.45) is 11.5 Å². The Hall–Kier alpha value is -4.66. The van der Waals surface area contributed by atoms with Gasteiger partial charge in [-0.2, -0.15) is 0 Å². The van der Waals surface area contributed by atoms with Crippen LogP contribution < -0.4 is 16.8 Å². The summed E-state index contributed by atoms with van der Waals surface area (Å²) in [5, 5.41) is 33.1. The van der Waals surface area contributed by atoms with E-state index in [-0.39, 0.29) is 18.6 Å². The average molecular weight is 655 g/mol. The molecular weight excluding hydrogens is 622 g/mol. The van der Waals surface area contributed by atoms with Crippen molar-refractivity contribution < 1.29 is 29.7 Å². The summed E-state index contributed by atoms with van der Waals surface area (Å²) in [7, 11) is 0. The molecule has 0 saturated heterocycles. The Morgan fingerprint density at radius 2 is 1.88 bits per heavy atom. The summed E-state index contributed by atoms with van der Waals surface area (Å²) >= 11 is 3.44. The fourth-order valence-electron chi connectivity index (χ4n) is 4.49. The van der Waals surface area contributed by atoms with Crippen molar-refractivity contribution in [2.45, 2.75) is 44.0 Å². The van der Waals surface area contributed by atoms with Crippen LogP contribution in [0, 0.1) is 0 Å². The molecule has 0 spiro atoms. The van der Waals surface area contributed by atoms with Crippen LogP contribution in [-0.2, 0) is 27.2 Å². The molecule has 0 fully saturated rings. The van der Waals surface area contributed by atoms with E-state index in [1.807, 2.05) is 18.2 Å². The van der Waals surface area contributed by atoms with Gasteiger partial charge in [0.25, 0.3) is 0 Å². The highest BCUT2D eigenvalue weighted by atomic mass is 79.9. The number of imidazole rings is 1. The zero-order valence-corrected chi connectivity index (χ0v) is 24.7. The number of primary amides is 1. The molecule has 0 aliphatic heterocycles. The first-order chi connectivity index (χ1) is 20.4. The third kappa shape index (κ3) is 7.60. The molecule has 0 bridgehead atoms. The summed E-state index contributed by atoms with van der Waals surface area (Å²) in [5.41, 5.74) is 14.1. The number of nitrogens with two attached hydrogens (primary N) is 2. The number of aliphatic hydroxyl groups is 1. The molecule has 0 radical (unpaired) electrons. The van der Waals surface area contributed by atoms with Crippen LogP contribution in [0.3, 0.4) is 0 Å². The first-order valence-electron chi connectivity index (χ1n) is 13.2. The number of carbonyl (C=O) groups excluding carboxylic acids is 3. The summed E-state index contributed by atoms with van der Waals surface area (Å²) in [6.07, 6.45) is 6.33. The number of H-pyrrole nitrogens is 2. The minimum Gasteiger partial charge on any atom is -0.504 e. The lowest BCUT2D eigenvalue weighted by Crippen LogP contribution is -2.57. The Bertz CT molecular complexity index is 1640. The van der Waals surface area contributed by atoms with Crippen molar-refractivity contribution >= 4 is 50.6 Å². The summed E-state index contributed by atoms with van der Waals surface area (Å²) < 4.78 is 0.872. The van der Waals surface area contributed by atoms with E-state index in [0.29, 0.717) is 16.8 Å². The fraction of sp³-hybridized carbons (Fsp3) is 0.241. The van der Waals surface area contributed by atoms with E-state index >= 15 is 0 Å². The maximum Gasteiger partial charge on any atom is 0.250 e. The fourth-order valence-corrected chi connectivity index (χ4v) is 4.85. The topological polar surface area (TPSA) is 224 Å². The van der Waals surface area contributed by atoms with Crippen molar-refractivity contribution in [3.8, 4) is 11.5 Å². The van der Waals surface area contributed by atoms with Gasteiger partial charge in [0.05, 0.1) is 12.4 Å². The maximum absolute atomic E-state index is 14.3. The molecule has 43 heavy (non-hydrogen) atoms. The Labute approximate surface area is 254 Å². The SMILES string of the molecule is C[C@@H](O)[C@H](N)C(=O)N[C@@H](Cc1ccc(O)c(O)c1)C(=O)N(/C=C\c1c[nH]c2cc(Br)ccc12)[C@@H](Cc1cnc[nH]1)C(N)=O. The van der Waals surface area contributed by atoms with E-state index in [1.165, 1.54) is 43.8 Å². The van der Waals surface area contributed by atoms with Gasteiger partial charge in [-0.1, -0.05) is 28.1 Å². The van der Waals surface area contributed by atoms with Gasteiger partial charge in [-0.15, -0.1) is 0 Å². The number of nitrogens with one attached hydrogen (secondary N) is 3. The molecule has 4 atom stereocenters. The molecule has 4 rings (SSSR count). The molecule has 10 N–H and O–H groups in total. The zero-order chi connectivity index (χ0) is 31.3. The van der Waals surface area contributed by atoms with E-state index in [1.54, 1.807) is 12.3 Å². The number of amides is 3. The number of aromatic hydroxyl groups is 2. The molecule has 0 aliphatic rings. The predicted molar refractivity (Wildman–Crippen MR) is 162 cm³/mol. The highest BCUT2D eigenvalue weighted by Gasteiger charge is 2.34. The van der Waals surface area contributed by atoms with Crippen LogP contribution in [0.15, 0.2) is 65.8 Å². The number of phenolic OH excluding ortho intramolecular Hbond substituents is 2. The molecule has 226 valence electrons. The lowest BCUT2D eigenvalue weighted by atomic mass is 10.0.